The number of amides is 1. The first-order valence-electron chi connectivity index (χ1n) is 21.1. The van der Waals surface area contributed by atoms with Crippen LogP contribution in [0.25, 0.3) is 0 Å². The van der Waals surface area contributed by atoms with Crippen molar-refractivity contribution in [2.75, 3.05) is 13.7 Å². The predicted molar refractivity (Wildman–Crippen MR) is 219 cm³/mol. The normalized spacial score (nSPS) is 35.2. The molecule has 0 radical (unpaired) electrons. The molecule has 7 rings (SSSR count). The van der Waals surface area contributed by atoms with E-state index in [-0.39, 0.29) is 25.0 Å². The van der Waals surface area contributed by atoms with Crippen LogP contribution in [-0.2, 0) is 47.5 Å². The number of aromatic nitrogens is 1. The maximum absolute atomic E-state index is 14.5. The largest absolute Gasteiger partial charge is 0.456 e. The number of pyridine rings is 1. The molecule has 2 aromatic rings. The summed E-state index contributed by atoms with van der Waals surface area (Å²) in [5.74, 6) is -4.79. The zero-order valence-corrected chi connectivity index (χ0v) is 37.3. The van der Waals surface area contributed by atoms with Crippen molar-refractivity contribution in [3.8, 4) is 0 Å². The molecule has 1 amide bonds. The number of carbonyl (C=O) groups is 4. The van der Waals surface area contributed by atoms with Crippen molar-refractivity contribution in [2.45, 2.75) is 153 Å². The molecule has 1 aromatic heterocycles. The molecule has 0 unspecified atom stereocenters. The third kappa shape index (κ3) is 7.59. The number of ether oxygens (including phenoxy) is 8. The summed E-state index contributed by atoms with van der Waals surface area (Å²) >= 11 is 0. The van der Waals surface area contributed by atoms with Gasteiger partial charge in [0.15, 0.2) is 17.5 Å². The molecule has 3 heterocycles. The molecule has 4 fully saturated rings. The van der Waals surface area contributed by atoms with Gasteiger partial charge in [0.05, 0.1) is 36.3 Å². The Balaban J connectivity index is 1.40. The van der Waals surface area contributed by atoms with Gasteiger partial charge in [0.1, 0.15) is 35.6 Å². The highest BCUT2D eigenvalue weighted by atomic mass is 16.8. The Kier molecular flexibility index (Phi) is 11.7. The summed E-state index contributed by atoms with van der Waals surface area (Å²) in [6, 6.07) is 10.0. The van der Waals surface area contributed by atoms with Gasteiger partial charge < -0.3 is 53.4 Å². The van der Waals surface area contributed by atoms with Crippen LogP contribution in [0.4, 0.5) is 4.79 Å². The lowest BCUT2D eigenvalue weighted by atomic mass is 9.44. The van der Waals surface area contributed by atoms with Gasteiger partial charge in [-0.3, -0.25) is 9.78 Å². The first kappa shape index (κ1) is 45.6. The summed E-state index contributed by atoms with van der Waals surface area (Å²) in [5.41, 5.74) is -5.44. The van der Waals surface area contributed by atoms with Gasteiger partial charge in [-0.25, -0.2) is 14.4 Å². The van der Waals surface area contributed by atoms with Gasteiger partial charge in [-0.2, -0.15) is 0 Å². The van der Waals surface area contributed by atoms with Gasteiger partial charge >= 0.3 is 24.0 Å². The Hall–Kier alpha value is -4.45. The van der Waals surface area contributed by atoms with E-state index in [1.165, 1.54) is 31.5 Å². The van der Waals surface area contributed by atoms with E-state index < -0.39 is 112 Å². The van der Waals surface area contributed by atoms with Crippen molar-refractivity contribution < 1.29 is 67.3 Å². The summed E-state index contributed by atoms with van der Waals surface area (Å²) in [4.78, 5) is 59.2. The number of benzene rings is 1. The molecule has 3 N–H and O–H groups in total. The molecule has 2 saturated carbocycles. The van der Waals surface area contributed by atoms with E-state index in [1.54, 1.807) is 79.0 Å². The van der Waals surface area contributed by atoms with Crippen molar-refractivity contribution in [1.82, 2.24) is 10.3 Å². The highest BCUT2D eigenvalue weighted by Crippen LogP contribution is 2.67. The Bertz CT molecular complexity index is 2090. The highest BCUT2D eigenvalue weighted by Gasteiger charge is 2.79. The second kappa shape index (κ2) is 16.0. The van der Waals surface area contributed by atoms with Gasteiger partial charge in [0.2, 0.25) is 0 Å². The number of alkyl carbamates (subject to hydrolysis) is 1. The number of rotatable bonds is 9. The van der Waals surface area contributed by atoms with Crippen molar-refractivity contribution in [3.63, 3.8) is 0 Å². The fourth-order valence-electron chi connectivity index (χ4n) is 10.9. The number of esters is 3. The summed E-state index contributed by atoms with van der Waals surface area (Å²) in [5, 5.41) is 28.3. The van der Waals surface area contributed by atoms with Crippen molar-refractivity contribution in [2.24, 2.45) is 16.7 Å². The Morgan fingerprint density at radius 3 is 2.21 bits per heavy atom. The van der Waals surface area contributed by atoms with Crippen LogP contribution < -0.4 is 5.32 Å². The van der Waals surface area contributed by atoms with E-state index in [0.29, 0.717) is 16.7 Å². The molecule has 12 atom stereocenters. The van der Waals surface area contributed by atoms with Crippen molar-refractivity contribution >= 4 is 24.0 Å². The molecule has 3 aliphatic carbocycles. The molecule has 1 aromatic carbocycles. The molecule has 0 spiro atoms. The molecule has 62 heavy (non-hydrogen) atoms. The van der Waals surface area contributed by atoms with E-state index in [1.807, 2.05) is 20.8 Å². The number of aliphatic hydroxyl groups excluding tert-OH is 1. The van der Waals surface area contributed by atoms with Crippen LogP contribution in [0.2, 0.25) is 0 Å². The summed E-state index contributed by atoms with van der Waals surface area (Å²) < 4.78 is 50.9. The van der Waals surface area contributed by atoms with E-state index in [2.05, 4.69) is 10.3 Å². The van der Waals surface area contributed by atoms with Gasteiger partial charge in [0.25, 0.3) is 0 Å². The minimum atomic E-state index is -2.13. The Labute approximate surface area is 361 Å². The summed E-state index contributed by atoms with van der Waals surface area (Å²) in [6.07, 6.45) is -6.02. The minimum Gasteiger partial charge on any atom is -0.456 e. The third-order valence-electron chi connectivity index (χ3n) is 13.7. The number of carbonyl (C=O) groups excluding carboxylic acids is 4. The lowest BCUT2D eigenvalue weighted by molar-refractivity contribution is -0.364. The Morgan fingerprint density at radius 2 is 1.63 bits per heavy atom. The lowest BCUT2D eigenvalue weighted by Gasteiger charge is -2.69. The number of hydrogen-bond acceptors (Lipinski definition) is 15. The summed E-state index contributed by atoms with van der Waals surface area (Å²) in [6.45, 7) is 17.1. The summed E-state index contributed by atoms with van der Waals surface area (Å²) in [7, 11) is 1.56. The molecule has 5 aliphatic rings. The second-order valence-electron chi connectivity index (χ2n) is 19.4. The van der Waals surface area contributed by atoms with Crippen LogP contribution in [0.15, 0.2) is 66.0 Å². The number of aliphatic hydroxyl groups is 2. The van der Waals surface area contributed by atoms with E-state index in [0.717, 1.165) is 0 Å². The molecule has 16 nitrogen and oxygen atoms in total. The smallest absolute Gasteiger partial charge is 0.408 e. The quantitative estimate of drug-likeness (QED) is 0.174. The second-order valence-corrected chi connectivity index (χ2v) is 19.4. The predicted octanol–water partition coefficient (Wildman–Crippen LogP) is 4.90. The van der Waals surface area contributed by atoms with Crippen molar-refractivity contribution in [3.05, 3.63) is 77.1 Å². The van der Waals surface area contributed by atoms with Crippen LogP contribution in [0.5, 0.6) is 0 Å². The molecule has 338 valence electrons. The molecule has 2 saturated heterocycles. The number of methoxy groups -OCH3 is 1. The maximum Gasteiger partial charge on any atom is 0.408 e. The molecular weight excluding hydrogens is 805 g/mol. The first-order chi connectivity index (χ1) is 28.9. The van der Waals surface area contributed by atoms with E-state index in [4.69, 9.17) is 37.9 Å². The van der Waals surface area contributed by atoms with Crippen LogP contribution >= 0.6 is 0 Å². The van der Waals surface area contributed by atoms with E-state index in [9.17, 15) is 29.4 Å². The fraction of sp³-hybridized carbons (Fsp3) is 0.630. The van der Waals surface area contributed by atoms with Gasteiger partial charge in [-0.1, -0.05) is 39.0 Å². The van der Waals surface area contributed by atoms with Crippen LogP contribution in [0.1, 0.15) is 104 Å². The van der Waals surface area contributed by atoms with Crippen LogP contribution in [-0.4, -0.2) is 118 Å². The number of hydrogen-bond donors (Lipinski definition) is 3. The Morgan fingerprint density at radius 1 is 0.968 bits per heavy atom. The zero-order valence-electron chi connectivity index (χ0n) is 37.3. The van der Waals surface area contributed by atoms with Crippen molar-refractivity contribution in [1.29, 1.82) is 0 Å². The van der Waals surface area contributed by atoms with Crippen LogP contribution in [0, 0.1) is 16.7 Å². The molecular formula is C46H60N2O14. The fourth-order valence-corrected chi connectivity index (χ4v) is 10.9. The molecule has 16 heteroatoms. The average molecular weight is 865 g/mol. The van der Waals surface area contributed by atoms with Gasteiger partial charge in [-0.15, -0.1) is 0 Å². The maximum atomic E-state index is 14.5. The van der Waals surface area contributed by atoms with Gasteiger partial charge in [-0.05, 0) is 82.5 Å². The number of nitrogens with zero attached hydrogens (tertiary/aromatic N) is 1. The molecule has 2 bridgehead atoms. The highest BCUT2D eigenvalue weighted by molar-refractivity contribution is 5.89. The standard InChI is InChI=1S/C46H60N2O14/c1-24-28(57-39(52)33(50)32(26-17-19-47-20-18-26)48-40(53)62-41(3,4)5)22-46(54)37(58-38(51)27-15-13-12-14-16-27)35-44(10,29(55-11)21-30-45(35,23-56-30)59-25(2)49)36-34(31(24)42(46,6)7)60-43(8,9)61-36/h12-20,28-30,32-37,50,54H,21-23H2,1-11H3,(H,48,53)/t28-,29-,30+,32-,33+,34+,35-,36+,37-,44+,45-,46+/m0/s1. The molecule has 2 aliphatic heterocycles. The number of nitrogens with one attached hydrogen (secondary N) is 1. The monoisotopic (exact) mass is 864 g/mol. The van der Waals surface area contributed by atoms with Gasteiger partial charge in [0, 0.05) is 50.1 Å². The minimum absolute atomic E-state index is 0.0845. The lowest BCUT2D eigenvalue weighted by Crippen LogP contribution is -2.82. The SMILES string of the molecule is CO[C@H]1C[C@H]2OC[C@@]2(OC(C)=O)[C@H]2[C@H](OC(=O)c3ccccc3)[C@]3(O)C[C@H](OC(=O)[C@H](O)[C@@H](NC(=O)OC(C)(C)C)c4ccncc4)C(C)=C([C@H]4OC(C)(C)O[C@H]4[C@]12C)C3(C)C. The van der Waals surface area contributed by atoms with Crippen LogP contribution in [0.3, 0.4) is 0 Å². The first-order valence-corrected chi connectivity index (χ1v) is 21.1. The average Bonchev–Trinajstić information content (AvgIpc) is 3.51. The topological polar surface area (TPSA) is 207 Å². The third-order valence-corrected chi connectivity index (χ3v) is 13.7. The number of fused-ring (bicyclic) bond motifs is 8. The van der Waals surface area contributed by atoms with E-state index >= 15 is 0 Å². The zero-order chi connectivity index (χ0) is 45.4.